The number of rotatable bonds is 8. The lowest BCUT2D eigenvalue weighted by Crippen LogP contribution is -2.38. The van der Waals surface area contributed by atoms with Gasteiger partial charge in [-0.3, -0.25) is 4.79 Å². The standard InChI is InChI=1S/C16H26N2O3S/c1-5-14(6-2)16(19)17-11-12-18(4)22(20,21)15-9-7-13(3)8-10-15/h7-10,14H,5-6,11-12H2,1-4H3,(H,17,19). The zero-order chi connectivity index (χ0) is 16.8. The minimum absolute atomic E-state index is 0.000915. The second-order valence-corrected chi connectivity index (χ2v) is 7.49. The summed E-state index contributed by atoms with van der Waals surface area (Å²) in [6.45, 7) is 6.43. The van der Waals surface area contributed by atoms with Crippen LogP contribution in [0, 0.1) is 12.8 Å². The molecule has 0 aliphatic carbocycles. The third-order valence-electron chi connectivity index (χ3n) is 3.81. The molecule has 0 saturated heterocycles. The van der Waals surface area contributed by atoms with Crippen LogP contribution in [0.25, 0.3) is 0 Å². The van der Waals surface area contributed by atoms with E-state index < -0.39 is 10.0 Å². The van der Waals surface area contributed by atoms with Gasteiger partial charge in [-0.25, -0.2) is 8.42 Å². The Morgan fingerprint density at radius 1 is 1.18 bits per heavy atom. The third-order valence-corrected chi connectivity index (χ3v) is 5.68. The van der Waals surface area contributed by atoms with E-state index in [4.69, 9.17) is 0 Å². The van der Waals surface area contributed by atoms with E-state index in [0.717, 1.165) is 18.4 Å². The van der Waals surface area contributed by atoms with Crippen LogP contribution in [0.3, 0.4) is 0 Å². The van der Waals surface area contributed by atoms with Crippen LogP contribution in [-0.4, -0.2) is 38.8 Å². The number of benzene rings is 1. The number of likely N-dealkylation sites (N-methyl/N-ethyl adjacent to an activating group) is 1. The fourth-order valence-corrected chi connectivity index (χ4v) is 3.32. The molecule has 1 rings (SSSR count). The summed E-state index contributed by atoms with van der Waals surface area (Å²) in [6, 6.07) is 6.75. The number of nitrogens with one attached hydrogen (secondary N) is 1. The van der Waals surface area contributed by atoms with Gasteiger partial charge in [-0.15, -0.1) is 0 Å². The lowest BCUT2D eigenvalue weighted by atomic mass is 10.0. The second-order valence-electron chi connectivity index (χ2n) is 5.44. The lowest BCUT2D eigenvalue weighted by molar-refractivity contribution is -0.125. The van der Waals surface area contributed by atoms with E-state index >= 15 is 0 Å². The van der Waals surface area contributed by atoms with Crippen LogP contribution in [0.4, 0.5) is 0 Å². The van der Waals surface area contributed by atoms with Gasteiger partial charge < -0.3 is 5.32 Å². The highest BCUT2D eigenvalue weighted by atomic mass is 32.2. The van der Waals surface area contributed by atoms with Gasteiger partial charge in [0, 0.05) is 26.1 Å². The van der Waals surface area contributed by atoms with Crippen molar-refractivity contribution in [3.63, 3.8) is 0 Å². The maximum absolute atomic E-state index is 12.4. The highest BCUT2D eigenvalue weighted by Gasteiger charge is 2.21. The number of nitrogens with zero attached hydrogens (tertiary/aromatic N) is 1. The molecule has 0 radical (unpaired) electrons. The highest BCUT2D eigenvalue weighted by molar-refractivity contribution is 7.89. The third kappa shape index (κ3) is 4.81. The number of sulfonamides is 1. The second kappa shape index (κ2) is 8.29. The van der Waals surface area contributed by atoms with Crippen molar-refractivity contribution in [1.82, 2.24) is 9.62 Å². The Labute approximate surface area is 133 Å². The zero-order valence-corrected chi connectivity index (χ0v) is 14.6. The molecule has 0 bridgehead atoms. The smallest absolute Gasteiger partial charge is 0.242 e. The van der Waals surface area contributed by atoms with Crippen molar-refractivity contribution in [3.05, 3.63) is 29.8 Å². The Balaban J connectivity index is 2.59. The fraction of sp³-hybridized carbons (Fsp3) is 0.562. The van der Waals surface area contributed by atoms with Crippen molar-refractivity contribution in [2.24, 2.45) is 5.92 Å². The van der Waals surface area contributed by atoms with Gasteiger partial charge >= 0.3 is 0 Å². The molecule has 0 atom stereocenters. The molecule has 1 aromatic carbocycles. The first-order chi connectivity index (χ1) is 10.3. The van der Waals surface area contributed by atoms with Gasteiger partial charge in [-0.05, 0) is 31.9 Å². The van der Waals surface area contributed by atoms with Crippen LogP contribution < -0.4 is 5.32 Å². The molecule has 0 aliphatic heterocycles. The fourth-order valence-electron chi connectivity index (χ4n) is 2.15. The van der Waals surface area contributed by atoms with E-state index in [2.05, 4.69) is 5.32 Å². The molecule has 0 heterocycles. The Morgan fingerprint density at radius 3 is 2.23 bits per heavy atom. The number of hydrogen-bond acceptors (Lipinski definition) is 3. The van der Waals surface area contributed by atoms with Gasteiger partial charge in [0.25, 0.3) is 0 Å². The van der Waals surface area contributed by atoms with Crippen molar-refractivity contribution in [2.75, 3.05) is 20.1 Å². The summed E-state index contributed by atoms with van der Waals surface area (Å²) in [7, 11) is -1.98. The van der Waals surface area contributed by atoms with Gasteiger partial charge in [0.05, 0.1) is 4.90 Å². The summed E-state index contributed by atoms with van der Waals surface area (Å²) >= 11 is 0. The van der Waals surface area contributed by atoms with E-state index in [1.54, 1.807) is 24.3 Å². The van der Waals surface area contributed by atoms with Crippen LogP contribution in [0.2, 0.25) is 0 Å². The average molecular weight is 326 g/mol. The van der Waals surface area contributed by atoms with E-state index in [0.29, 0.717) is 6.54 Å². The number of hydrogen-bond donors (Lipinski definition) is 1. The molecular formula is C16H26N2O3S. The minimum Gasteiger partial charge on any atom is -0.355 e. The minimum atomic E-state index is -3.50. The zero-order valence-electron chi connectivity index (χ0n) is 13.8. The SMILES string of the molecule is CCC(CC)C(=O)NCCN(C)S(=O)(=O)c1ccc(C)cc1. The molecule has 124 valence electrons. The van der Waals surface area contributed by atoms with Gasteiger partial charge in [0.2, 0.25) is 15.9 Å². The van der Waals surface area contributed by atoms with E-state index in [9.17, 15) is 13.2 Å². The molecule has 0 aromatic heterocycles. The van der Waals surface area contributed by atoms with Crippen molar-refractivity contribution in [3.8, 4) is 0 Å². The first-order valence-electron chi connectivity index (χ1n) is 7.63. The quantitative estimate of drug-likeness (QED) is 0.796. The van der Waals surface area contributed by atoms with Crippen molar-refractivity contribution in [2.45, 2.75) is 38.5 Å². The maximum atomic E-state index is 12.4. The van der Waals surface area contributed by atoms with E-state index in [-0.39, 0.29) is 23.3 Å². The first kappa shape index (κ1) is 18.6. The van der Waals surface area contributed by atoms with Gasteiger partial charge in [0.15, 0.2) is 0 Å². The van der Waals surface area contributed by atoms with Crippen LogP contribution in [0.1, 0.15) is 32.3 Å². The summed E-state index contributed by atoms with van der Waals surface area (Å²) in [6.07, 6.45) is 1.58. The van der Waals surface area contributed by atoms with Gasteiger partial charge in [-0.2, -0.15) is 4.31 Å². The number of carbonyl (C=O) groups excluding carboxylic acids is 1. The molecule has 1 N–H and O–H groups in total. The van der Waals surface area contributed by atoms with Crippen LogP contribution in [0.15, 0.2) is 29.2 Å². The van der Waals surface area contributed by atoms with E-state index in [1.807, 2.05) is 20.8 Å². The summed E-state index contributed by atoms with van der Waals surface area (Å²) in [4.78, 5) is 12.1. The molecule has 0 aliphatic rings. The summed E-state index contributed by atoms with van der Waals surface area (Å²) in [5.74, 6) is -0.00912. The van der Waals surface area contributed by atoms with Crippen LogP contribution in [0.5, 0.6) is 0 Å². The van der Waals surface area contributed by atoms with E-state index in [1.165, 1.54) is 11.4 Å². The molecule has 6 heteroatoms. The molecule has 0 saturated carbocycles. The highest BCUT2D eigenvalue weighted by Crippen LogP contribution is 2.14. The molecule has 5 nitrogen and oxygen atoms in total. The maximum Gasteiger partial charge on any atom is 0.242 e. The number of amides is 1. The summed E-state index contributed by atoms with van der Waals surface area (Å²) in [5, 5.41) is 2.80. The Morgan fingerprint density at radius 2 is 1.73 bits per heavy atom. The van der Waals surface area contributed by atoms with Crippen molar-refractivity contribution in [1.29, 1.82) is 0 Å². The average Bonchev–Trinajstić information content (AvgIpc) is 2.48. The van der Waals surface area contributed by atoms with Crippen LogP contribution >= 0.6 is 0 Å². The number of aryl methyl sites for hydroxylation is 1. The Bertz CT molecular complexity index is 578. The Hall–Kier alpha value is -1.40. The predicted molar refractivity (Wildman–Crippen MR) is 88.1 cm³/mol. The molecule has 22 heavy (non-hydrogen) atoms. The lowest BCUT2D eigenvalue weighted by Gasteiger charge is -2.19. The van der Waals surface area contributed by atoms with Gasteiger partial charge in [-0.1, -0.05) is 31.5 Å². The topological polar surface area (TPSA) is 66.5 Å². The van der Waals surface area contributed by atoms with Crippen molar-refractivity contribution < 1.29 is 13.2 Å². The molecule has 0 unspecified atom stereocenters. The monoisotopic (exact) mass is 326 g/mol. The molecule has 0 fully saturated rings. The molecule has 1 amide bonds. The number of carbonyl (C=O) groups is 1. The first-order valence-corrected chi connectivity index (χ1v) is 9.07. The predicted octanol–water partition coefficient (Wildman–Crippen LogP) is 2.17. The largest absolute Gasteiger partial charge is 0.355 e. The Kier molecular flexibility index (Phi) is 7.03. The summed E-state index contributed by atoms with van der Waals surface area (Å²) in [5.41, 5.74) is 1.01. The molecule has 1 aromatic rings. The van der Waals surface area contributed by atoms with Crippen LogP contribution in [-0.2, 0) is 14.8 Å². The molecular weight excluding hydrogens is 300 g/mol. The normalized spacial score (nSPS) is 11.9. The van der Waals surface area contributed by atoms with Crippen molar-refractivity contribution >= 4 is 15.9 Å². The molecule has 0 spiro atoms. The van der Waals surface area contributed by atoms with Gasteiger partial charge in [0.1, 0.15) is 0 Å². The summed E-state index contributed by atoms with van der Waals surface area (Å²) < 4.78 is 26.0.